The van der Waals surface area contributed by atoms with Gasteiger partial charge in [0.15, 0.2) is 0 Å². The van der Waals surface area contributed by atoms with E-state index in [2.05, 4.69) is 22.5 Å². The Labute approximate surface area is 277 Å². The molecule has 8 nitrogen and oxygen atoms in total. The molecule has 2 aromatic carbocycles. The maximum atomic E-state index is 13.8. The van der Waals surface area contributed by atoms with Gasteiger partial charge in [0, 0.05) is 36.3 Å². The summed E-state index contributed by atoms with van der Waals surface area (Å²) in [7, 11) is -0.964. The van der Waals surface area contributed by atoms with Crippen molar-refractivity contribution in [3.8, 4) is 17.6 Å². The van der Waals surface area contributed by atoms with Crippen LogP contribution in [0.1, 0.15) is 31.2 Å². The van der Waals surface area contributed by atoms with E-state index in [-0.39, 0.29) is 36.1 Å². The Balaban J connectivity index is 1.38. The van der Waals surface area contributed by atoms with Crippen molar-refractivity contribution in [3.05, 3.63) is 46.8 Å². The molecule has 2 fully saturated rings. The minimum atomic E-state index is -4.41. The molecule has 0 saturated carbocycles. The van der Waals surface area contributed by atoms with Crippen molar-refractivity contribution in [2.45, 2.75) is 45.0 Å². The minimum absolute atomic E-state index is 0.0159. The number of ether oxygens (including phenoxy) is 3. The molecule has 1 aromatic heterocycles. The molecule has 1 amide bonds. The molecule has 2 bridgehead atoms. The van der Waals surface area contributed by atoms with Crippen molar-refractivity contribution in [1.82, 2.24) is 4.90 Å². The highest BCUT2D eigenvalue weighted by Crippen LogP contribution is 2.41. The van der Waals surface area contributed by atoms with Gasteiger partial charge < -0.3 is 34.3 Å². The van der Waals surface area contributed by atoms with E-state index in [1.165, 1.54) is 18.4 Å². The predicted octanol–water partition coefficient (Wildman–Crippen LogP) is 7.02. The maximum Gasteiger partial charge on any atom is 0.410 e. The Morgan fingerprint density at radius 3 is 2.43 bits per heavy atom. The van der Waals surface area contributed by atoms with Crippen LogP contribution in [0.2, 0.25) is 0 Å². The van der Waals surface area contributed by atoms with Crippen LogP contribution in [0.4, 0.5) is 29.3 Å². The number of carbonyl (C=O) groups is 1. The number of methoxy groups -OCH3 is 1. The van der Waals surface area contributed by atoms with E-state index < -0.39 is 25.3 Å². The van der Waals surface area contributed by atoms with E-state index in [9.17, 15) is 22.5 Å². The van der Waals surface area contributed by atoms with Gasteiger partial charge in [-0.15, -0.1) is 11.3 Å². The largest absolute Gasteiger partial charge is 0.495 e. The number of likely N-dealkylation sites (tertiary alicyclic amines) is 1. The highest BCUT2D eigenvalue weighted by atomic mass is 32.1. The van der Waals surface area contributed by atoms with E-state index in [1.54, 1.807) is 48.6 Å². The van der Waals surface area contributed by atoms with Gasteiger partial charge >= 0.3 is 12.3 Å². The molecular formula is C34H41F3N3O5PS. The molecule has 0 radical (unpaired) electrons. The second-order valence-corrected chi connectivity index (χ2v) is 17.6. The van der Waals surface area contributed by atoms with E-state index in [0.717, 1.165) is 5.69 Å². The predicted molar refractivity (Wildman–Crippen MR) is 182 cm³/mol. The van der Waals surface area contributed by atoms with Crippen LogP contribution in [0, 0.1) is 23.7 Å². The number of alkyl halides is 3. The Kier molecular flexibility index (Phi) is 10.1. The highest BCUT2D eigenvalue weighted by molar-refractivity contribution is 7.70. The third-order valence-electron chi connectivity index (χ3n) is 8.13. The summed E-state index contributed by atoms with van der Waals surface area (Å²) in [5.74, 6) is 6.45. The van der Waals surface area contributed by atoms with Gasteiger partial charge in [0.05, 0.1) is 54.2 Å². The third kappa shape index (κ3) is 8.56. The summed E-state index contributed by atoms with van der Waals surface area (Å²) in [5.41, 5.74) is 0.931. The van der Waals surface area contributed by atoms with Gasteiger partial charge in [-0.3, -0.25) is 0 Å². The van der Waals surface area contributed by atoms with Gasteiger partial charge in [-0.2, -0.15) is 13.2 Å². The highest BCUT2D eigenvalue weighted by Gasteiger charge is 2.43. The first-order valence-corrected chi connectivity index (χ1v) is 18.8. The van der Waals surface area contributed by atoms with Gasteiger partial charge in [0.25, 0.3) is 0 Å². The number of amides is 1. The summed E-state index contributed by atoms with van der Waals surface area (Å²) in [6, 6.07) is 10.6. The normalized spacial score (nSPS) is 19.9. The molecule has 2 aliphatic heterocycles. The van der Waals surface area contributed by atoms with E-state index in [0.29, 0.717) is 58.0 Å². The van der Waals surface area contributed by atoms with Crippen LogP contribution in [0.15, 0.2) is 36.4 Å². The lowest BCUT2D eigenvalue weighted by molar-refractivity contribution is -0.127. The first-order chi connectivity index (χ1) is 22.0. The Hall–Kier alpha value is -3.39. The number of anilines is 2. The average molecular weight is 692 g/mol. The molecule has 5 rings (SSSR count). The summed E-state index contributed by atoms with van der Waals surface area (Å²) >= 11 is 1.24. The number of fused-ring (bicyclic) bond motifs is 3. The van der Waals surface area contributed by atoms with Crippen LogP contribution in [0.3, 0.4) is 0 Å². The topological polar surface area (TPSA) is 89.1 Å². The number of piperidine rings is 1. The van der Waals surface area contributed by atoms with E-state index >= 15 is 0 Å². The molecular weight excluding hydrogens is 650 g/mol. The van der Waals surface area contributed by atoms with Crippen LogP contribution >= 0.6 is 18.5 Å². The fourth-order valence-electron chi connectivity index (χ4n) is 6.01. The lowest BCUT2D eigenvalue weighted by Crippen LogP contribution is -2.59. The first kappa shape index (κ1) is 34.9. The summed E-state index contributed by atoms with van der Waals surface area (Å²) in [5, 5.41) is 7.99. The molecule has 47 heavy (non-hydrogen) atoms. The fraction of sp³-hybridized carbons (Fsp3) is 0.500. The van der Waals surface area contributed by atoms with Crippen molar-refractivity contribution < 1.29 is 36.7 Å². The lowest BCUT2D eigenvalue weighted by atomic mass is 9.82. The quantitative estimate of drug-likeness (QED) is 0.204. The summed E-state index contributed by atoms with van der Waals surface area (Å²) in [6.45, 7) is 10.9. The molecule has 2 N–H and O–H groups in total. The number of carbonyl (C=O) groups excluding carboxylic acids is 1. The van der Waals surface area contributed by atoms with Crippen LogP contribution in [0.25, 0.3) is 10.1 Å². The van der Waals surface area contributed by atoms with Gasteiger partial charge in [0.2, 0.25) is 0 Å². The number of nitrogens with zero attached hydrogens (tertiary/aromatic N) is 1. The van der Waals surface area contributed by atoms with E-state index in [1.807, 2.05) is 26.8 Å². The zero-order valence-corrected chi connectivity index (χ0v) is 29.1. The van der Waals surface area contributed by atoms with Crippen LogP contribution in [-0.4, -0.2) is 82.1 Å². The zero-order chi connectivity index (χ0) is 34.1. The molecule has 0 aliphatic carbocycles. The van der Waals surface area contributed by atoms with Crippen molar-refractivity contribution in [1.29, 1.82) is 0 Å². The standard InChI is InChI=1S/C34H41F3N3O5PS/c1-33(2,3)45-32(41)40-17-21-19-44-20-22(18-40)30(21)39-27-10-7-9-24-25(16-34(35,36)37)29(47-31(24)27)11-8-14-38-26-13-12-23(46(5,6)42)15-28(26)43-4/h7,9-10,12-13,15,21-22,30,38-39H,14,16-20H2,1-6H3. The Morgan fingerprint density at radius 1 is 1.11 bits per heavy atom. The molecule has 2 atom stereocenters. The smallest absolute Gasteiger partial charge is 0.410 e. The molecule has 2 aliphatic rings. The molecule has 0 spiro atoms. The minimum Gasteiger partial charge on any atom is -0.495 e. The molecule has 254 valence electrons. The SMILES string of the molecule is COc1cc(P(C)(C)=O)ccc1NCC#Cc1sc2c(NC3C4COCC3CN(C(=O)OC(C)(C)C)C4)cccc2c1CC(F)(F)F. The van der Waals surface area contributed by atoms with Gasteiger partial charge in [0.1, 0.15) is 18.5 Å². The van der Waals surface area contributed by atoms with E-state index in [4.69, 9.17) is 14.2 Å². The van der Waals surface area contributed by atoms with Gasteiger partial charge in [-0.1, -0.05) is 24.0 Å². The molecule has 2 saturated heterocycles. The van der Waals surface area contributed by atoms with Crippen molar-refractivity contribution in [2.75, 3.05) is 63.9 Å². The van der Waals surface area contributed by atoms with Crippen LogP contribution < -0.4 is 20.7 Å². The molecule has 3 aromatic rings. The third-order valence-corrected chi connectivity index (χ3v) is 10.9. The van der Waals surface area contributed by atoms with Crippen LogP contribution in [-0.2, 0) is 20.5 Å². The molecule has 3 heterocycles. The Bertz CT molecular complexity index is 1720. The number of hydrogen-bond donors (Lipinski definition) is 2. The van der Waals surface area contributed by atoms with Crippen molar-refractivity contribution in [3.63, 3.8) is 0 Å². The number of rotatable bonds is 7. The van der Waals surface area contributed by atoms with Gasteiger partial charge in [-0.25, -0.2) is 4.79 Å². The summed E-state index contributed by atoms with van der Waals surface area (Å²) < 4.78 is 71.5. The van der Waals surface area contributed by atoms with Crippen molar-refractivity contribution in [2.24, 2.45) is 11.8 Å². The summed E-state index contributed by atoms with van der Waals surface area (Å²) in [4.78, 5) is 14.9. The number of halogens is 3. The monoisotopic (exact) mass is 691 g/mol. The second-order valence-electron chi connectivity index (χ2n) is 13.4. The number of thiophene rings is 1. The number of nitrogens with one attached hydrogen (secondary N) is 2. The molecule has 2 unspecified atom stereocenters. The fourth-order valence-corrected chi connectivity index (χ4v) is 8.05. The molecule has 13 heteroatoms. The van der Waals surface area contributed by atoms with Gasteiger partial charge in [-0.05, 0) is 69.3 Å². The maximum absolute atomic E-state index is 13.8. The second kappa shape index (κ2) is 13.6. The van der Waals surface area contributed by atoms with Crippen molar-refractivity contribution >= 4 is 51.3 Å². The zero-order valence-electron chi connectivity index (χ0n) is 27.4. The number of hydrogen-bond acceptors (Lipinski definition) is 8. The van der Waals surface area contributed by atoms with Crippen LogP contribution in [0.5, 0.6) is 5.75 Å². The lowest BCUT2D eigenvalue weighted by Gasteiger charge is -2.47. The average Bonchev–Trinajstić information content (AvgIpc) is 3.30. The summed E-state index contributed by atoms with van der Waals surface area (Å²) in [6.07, 6.45) is -5.86. The Morgan fingerprint density at radius 2 is 1.81 bits per heavy atom. The number of benzene rings is 2. The first-order valence-electron chi connectivity index (χ1n) is 15.4.